The van der Waals surface area contributed by atoms with E-state index in [9.17, 15) is 0 Å². The van der Waals surface area contributed by atoms with E-state index >= 15 is 0 Å². The number of fused-ring (bicyclic) bond motifs is 1. The molecule has 2 aromatic rings. The van der Waals surface area contributed by atoms with Crippen LogP contribution in [0.3, 0.4) is 0 Å². The number of aryl methyl sites for hydroxylation is 1. The fourth-order valence-electron chi connectivity index (χ4n) is 1.37. The summed E-state index contributed by atoms with van der Waals surface area (Å²) in [6.45, 7) is 2.24. The third-order valence-corrected chi connectivity index (χ3v) is 2.18. The Morgan fingerprint density at radius 3 is 2.93 bits per heavy atom. The van der Waals surface area contributed by atoms with Gasteiger partial charge in [0, 0.05) is 19.3 Å². The van der Waals surface area contributed by atoms with E-state index in [1.165, 1.54) is 0 Å². The SMILES string of the molecule is COC(CN)c1nc2nc(C)ccc2o1. The summed E-state index contributed by atoms with van der Waals surface area (Å²) < 4.78 is 10.6. The van der Waals surface area contributed by atoms with Gasteiger partial charge in [0.15, 0.2) is 11.2 Å². The van der Waals surface area contributed by atoms with Gasteiger partial charge < -0.3 is 14.9 Å². The van der Waals surface area contributed by atoms with Crippen LogP contribution in [0.5, 0.6) is 0 Å². The van der Waals surface area contributed by atoms with E-state index in [0.717, 1.165) is 5.69 Å². The number of oxazole rings is 1. The normalized spacial score (nSPS) is 13.3. The summed E-state index contributed by atoms with van der Waals surface area (Å²) in [5.41, 5.74) is 7.68. The molecule has 0 aromatic carbocycles. The molecule has 0 aliphatic rings. The maximum atomic E-state index is 5.52. The van der Waals surface area contributed by atoms with Crippen LogP contribution in [0.1, 0.15) is 17.7 Å². The predicted molar refractivity (Wildman–Crippen MR) is 55.3 cm³/mol. The van der Waals surface area contributed by atoms with Crippen LogP contribution in [-0.4, -0.2) is 23.6 Å². The Hall–Kier alpha value is -1.46. The van der Waals surface area contributed by atoms with Gasteiger partial charge in [-0.2, -0.15) is 4.98 Å². The lowest BCUT2D eigenvalue weighted by molar-refractivity contribution is 0.0878. The van der Waals surface area contributed by atoms with Crippen molar-refractivity contribution in [3.63, 3.8) is 0 Å². The molecule has 2 N–H and O–H groups in total. The van der Waals surface area contributed by atoms with E-state index in [1.54, 1.807) is 7.11 Å². The van der Waals surface area contributed by atoms with Gasteiger partial charge >= 0.3 is 0 Å². The lowest BCUT2D eigenvalue weighted by atomic mass is 10.3. The largest absolute Gasteiger partial charge is 0.436 e. The minimum Gasteiger partial charge on any atom is -0.436 e. The molecular weight excluding hydrogens is 194 g/mol. The summed E-state index contributed by atoms with van der Waals surface area (Å²) in [7, 11) is 1.57. The van der Waals surface area contributed by atoms with E-state index < -0.39 is 0 Å². The Morgan fingerprint density at radius 2 is 2.27 bits per heavy atom. The molecule has 0 bridgehead atoms. The Kier molecular flexibility index (Phi) is 2.66. The van der Waals surface area contributed by atoms with E-state index in [1.807, 2.05) is 19.1 Å². The highest BCUT2D eigenvalue weighted by atomic mass is 16.5. The Bertz CT molecular complexity index is 463. The van der Waals surface area contributed by atoms with Gasteiger partial charge in [-0.15, -0.1) is 0 Å². The van der Waals surface area contributed by atoms with Gasteiger partial charge in [-0.1, -0.05) is 0 Å². The molecule has 0 saturated carbocycles. The monoisotopic (exact) mass is 207 g/mol. The van der Waals surface area contributed by atoms with Crippen molar-refractivity contribution in [2.75, 3.05) is 13.7 Å². The molecule has 1 atom stereocenters. The minimum atomic E-state index is -0.306. The topological polar surface area (TPSA) is 74.2 Å². The molecule has 0 fully saturated rings. The summed E-state index contributed by atoms with van der Waals surface area (Å²) in [5.74, 6) is 0.480. The fourth-order valence-corrected chi connectivity index (χ4v) is 1.37. The number of pyridine rings is 1. The summed E-state index contributed by atoms with van der Waals surface area (Å²) in [6, 6.07) is 3.72. The van der Waals surface area contributed by atoms with E-state index in [4.69, 9.17) is 14.9 Å². The van der Waals surface area contributed by atoms with Crippen LogP contribution < -0.4 is 5.73 Å². The zero-order chi connectivity index (χ0) is 10.8. The van der Waals surface area contributed by atoms with Gasteiger partial charge in [0.05, 0.1) is 0 Å². The van der Waals surface area contributed by atoms with E-state index in [2.05, 4.69) is 9.97 Å². The third kappa shape index (κ3) is 1.84. The highest BCUT2D eigenvalue weighted by molar-refractivity contribution is 5.67. The van der Waals surface area contributed by atoms with Crippen molar-refractivity contribution in [3.8, 4) is 0 Å². The zero-order valence-corrected chi connectivity index (χ0v) is 8.73. The van der Waals surface area contributed by atoms with Crippen molar-refractivity contribution in [1.29, 1.82) is 0 Å². The average molecular weight is 207 g/mol. The molecule has 2 rings (SSSR count). The van der Waals surface area contributed by atoms with Crippen molar-refractivity contribution in [2.45, 2.75) is 13.0 Å². The molecule has 5 heteroatoms. The van der Waals surface area contributed by atoms with Crippen molar-refractivity contribution in [1.82, 2.24) is 9.97 Å². The maximum Gasteiger partial charge on any atom is 0.227 e. The molecule has 5 nitrogen and oxygen atoms in total. The summed E-state index contributed by atoms with van der Waals surface area (Å²) in [5, 5.41) is 0. The second kappa shape index (κ2) is 3.96. The molecule has 0 saturated heterocycles. The molecule has 0 radical (unpaired) electrons. The lowest BCUT2D eigenvalue weighted by Gasteiger charge is -2.06. The molecule has 80 valence electrons. The third-order valence-electron chi connectivity index (χ3n) is 2.18. The Balaban J connectivity index is 2.46. The van der Waals surface area contributed by atoms with Gasteiger partial charge in [-0.25, -0.2) is 4.98 Å². The first kappa shape index (κ1) is 10.1. The number of rotatable bonds is 3. The van der Waals surface area contributed by atoms with Crippen LogP contribution in [-0.2, 0) is 4.74 Å². The van der Waals surface area contributed by atoms with Crippen LogP contribution in [0, 0.1) is 6.92 Å². The number of hydrogen-bond donors (Lipinski definition) is 1. The first-order valence-electron chi connectivity index (χ1n) is 4.71. The summed E-state index contributed by atoms with van der Waals surface area (Å²) in [6.07, 6.45) is -0.306. The number of hydrogen-bond acceptors (Lipinski definition) is 5. The molecule has 0 spiro atoms. The van der Waals surface area contributed by atoms with E-state index in [-0.39, 0.29) is 6.10 Å². The predicted octanol–water partition coefficient (Wildman–Crippen LogP) is 1.18. The van der Waals surface area contributed by atoms with Crippen molar-refractivity contribution in [2.24, 2.45) is 5.73 Å². The van der Waals surface area contributed by atoms with Gasteiger partial charge in [-0.3, -0.25) is 0 Å². The highest BCUT2D eigenvalue weighted by Crippen LogP contribution is 2.20. The highest BCUT2D eigenvalue weighted by Gasteiger charge is 2.16. The minimum absolute atomic E-state index is 0.306. The fraction of sp³-hybridized carbons (Fsp3) is 0.400. The maximum absolute atomic E-state index is 5.52. The first-order valence-corrected chi connectivity index (χ1v) is 4.71. The molecule has 2 heterocycles. The molecule has 0 amide bonds. The standard InChI is InChI=1S/C10H13N3O2/c1-6-3-4-7-9(12-6)13-10(15-7)8(5-11)14-2/h3-4,8H,5,11H2,1-2H3. The Morgan fingerprint density at radius 1 is 1.47 bits per heavy atom. The number of methoxy groups -OCH3 is 1. The second-order valence-corrected chi connectivity index (χ2v) is 3.29. The number of nitrogens with two attached hydrogens (primary N) is 1. The van der Waals surface area contributed by atoms with Gasteiger partial charge in [0.1, 0.15) is 6.10 Å². The van der Waals surface area contributed by atoms with Crippen molar-refractivity contribution in [3.05, 3.63) is 23.7 Å². The van der Waals surface area contributed by atoms with Crippen LogP contribution in [0.25, 0.3) is 11.2 Å². The van der Waals surface area contributed by atoms with Crippen LogP contribution >= 0.6 is 0 Å². The molecular formula is C10H13N3O2. The summed E-state index contributed by atoms with van der Waals surface area (Å²) >= 11 is 0. The van der Waals surface area contributed by atoms with Crippen LogP contribution in [0.2, 0.25) is 0 Å². The van der Waals surface area contributed by atoms with Gasteiger partial charge in [-0.05, 0) is 19.1 Å². The van der Waals surface area contributed by atoms with Crippen LogP contribution in [0.15, 0.2) is 16.5 Å². The quantitative estimate of drug-likeness (QED) is 0.817. The smallest absolute Gasteiger partial charge is 0.227 e. The first-order chi connectivity index (χ1) is 7.24. The molecule has 0 aliphatic carbocycles. The average Bonchev–Trinajstić information content (AvgIpc) is 2.62. The van der Waals surface area contributed by atoms with E-state index in [0.29, 0.717) is 23.7 Å². The van der Waals surface area contributed by atoms with Crippen molar-refractivity contribution < 1.29 is 9.15 Å². The molecule has 15 heavy (non-hydrogen) atoms. The molecule has 0 aliphatic heterocycles. The second-order valence-electron chi connectivity index (χ2n) is 3.29. The van der Waals surface area contributed by atoms with Crippen molar-refractivity contribution >= 4 is 11.2 Å². The lowest BCUT2D eigenvalue weighted by Crippen LogP contribution is -2.14. The van der Waals surface area contributed by atoms with Gasteiger partial charge in [0.2, 0.25) is 5.89 Å². The number of ether oxygens (including phenoxy) is 1. The number of aromatic nitrogens is 2. The van der Waals surface area contributed by atoms with Gasteiger partial charge in [0.25, 0.3) is 0 Å². The summed E-state index contributed by atoms with van der Waals surface area (Å²) in [4.78, 5) is 8.48. The van der Waals surface area contributed by atoms with Crippen LogP contribution in [0.4, 0.5) is 0 Å². The molecule has 2 aromatic heterocycles. The number of nitrogens with zero attached hydrogens (tertiary/aromatic N) is 2. The molecule has 1 unspecified atom stereocenters. The Labute approximate surface area is 87.3 Å². The zero-order valence-electron chi connectivity index (χ0n) is 8.73.